The van der Waals surface area contributed by atoms with E-state index in [1.54, 1.807) is 19.1 Å². The van der Waals surface area contributed by atoms with E-state index in [0.717, 1.165) is 16.7 Å². The summed E-state index contributed by atoms with van der Waals surface area (Å²) in [6.45, 7) is 1.23. The number of carbonyl (C=O) groups excluding carboxylic acids is 4. The number of carbonyl (C=O) groups is 4. The third-order valence-corrected chi connectivity index (χ3v) is 5.29. The first kappa shape index (κ1) is 23.0. The van der Waals surface area contributed by atoms with Gasteiger partial charge in [-0.1, -0.05) is 0 Å². The molecule has 0 radical (unpaired) electrons. The van der Waals surface area contributed by atoms with Gasteiger partial charge in [-0.05, 0) is 65.0 Å². The molecule has 0 aromatic heterocycles. The summed E-state index contributed by atoms with van der Waals surface area (Å²) < 4.78 is 20.8. The van der Waals surface area contributed by atoms with E-state index in [4.69, 9.17) is 14.2 Å². The summed E-state index contributed by atoms with van der Waals surface area (Å²) in [6.07, 6.45) is 1.52. The third kappa shape index (κ3) is 5.85. The zero-order chi connectivity index (χ0) is 21.6. The number of methoxy groups -OCH3 is 2. The second kappa shape index (κ2) is 10.5. The van der Waals surface area contributed by atoms with Crippen molar-refractivity contribution in [1.29, 1.82) is 0 Å². The van der Waals surface area contributed by atoms with Gasteiger partial charge in [0.1, 0.15) is 6.54 Å². The fourth-order valence-electron chi connectivity index (χ4n) is 2.28. The Morgan fingerprint density at radius 1 is 1.21 bits per heavy atom. The van der Waals surface area contributed by atoms with E-state index in [9.17, 15) is 19.2 Å². The quantitative estimate of drug-likeness (QED) is 0.282. The molecule has 0 bridgehead atoms. The molecule has 1 aromatic rings. The average molecular weight is 535 g/mol. The normalized spacial score (nSPS) is 14.9. The van der Waals surface area contributed by atoms with Gasteiger partial charge in [0.15, 0.2) is 18.1 Å². The monoisotopic (exact) mass is 535 g/mol. The lowest BCUT2D eigenvalue weighted by Gasteiger charge is -2.13. The van der Waals surface area contributed by atoms with Crippen LogP contribution in [-0.2, 0) is 23.9 Å². The molecule has 1 aliphatic rings. The second-order valence-electron chi connectivity index (χ2n) is 5.47. The van der Waals surface area contributed by atoms with E-state index in [-0.39, 0.29) is 18.1 Å². The van der Waals surface area contributed by atoms with Gasteiger partial charge in [0.25, 0.3) is 11.1 Å². The molecule has 0 aliphatic carbocycles. The van der Waals surface area contributed by atoms with E-state index < -0.39 is 29.6 Å². The lowest BCUT2D eigenvalue weighted by molar-refractivity contribution is -0.145. The molecule has 1 fully saturated rings. The summed E-state index contributed by atoms with van der Waals surface area (Å²) in [4.78, 5) is 48.3. The fraction of sp³-hybridized carbons (Fsp3) is 0.333. The van der Waals surface area contributed by atoms with Gasteiger partial charge in [0, 0.05) is 0 Å². The number of amides is 2. The molecule has 11 heteroatoms. The molecule has 1 aromatic carbocycles. The van der Waals surface area contributed by atoms with Crippen LogP contribution in [0.5, 0.6) is 11.5 Å². The maximum atomic E-state index is 12.4. The van der Waals surface area contributed by atoms with Crippen LogP contribution < -0.4 is 9.47 Å². The Balaban J connectivity index is 2.24. The predicted octanol–water partition coefficient (Wildman–Crippen LogP) is 2.45. The van der Waals surface area contributed by atoms with E-state index in [1.165, 1.54) is 20.3 Å². The summed E-state index contributed by atoms with van der Waals surface area (Å²) in [5, 5.41) is -0.553. The van der Waals surface area contributed by atoms with E-state index in [0.29, 0.717) is 20.6 Å². The number of hydrogen-bond acceptors (Lipinski definition) is 9. The van der Waals surface area contributed by atoms with Crippen molar-refractivity contribution in [3.8, 4) is 11.5 Å². The Hall–Kier alpha value is -2.28. The van der Waals surface area contributed by atoms with Crippen LogP contribution in [0.2, 0.25) is 0 Å². The Labute approximate surface area is 184 Å². The van der Waals surface area contributed by atoms with Crippen LogP contribution in [-0.4, -0.2) is 62.0 Å². The van der Waals surface area contributed by atoms with Gasteiger partial charge in [-0.25, -0.2) is 4.79 Å². The number of thioether (sulfide) groups is 1. The molecule has 9 nitrogen and oxygen atoms in total. The number of benzene rings is 1. The number of nitrogens with zero attached hydrogens (tertiary/aromatic N) is 1. The molecule has 0 spiro atoms. The maximum Gasteiger partial charge on any atom is 0.344 e. The first-order chi connectivity index (χ1) is 13.8. The molecule has 0 unspecified atom stereocenters. The molecule has 0 saturated carbocycles. The van der Waals surface area contributed by atoms with Crippen molar-refractivity contribution in [2.75, 3.05) is 34.0 Å². The Bertz CT molecular complexity index is 870. The van der Waals surface area contributed by atoms with Crippen molar-refractivity contribution in [3.05, 3.63) is 26.2 Å². The van der Waals surface area contributed by atoms with Crippen LogP contribution in [0.25, 0.3) is 6.08 Å². The summed E-state index contributed by atoms with van der Waals surface area (Å²) in [5.41, 5.74) is 0.582. The van der Waals surface area contributed by atoms with Crippen LogP contribution in [0.4, 0.5) is 4.79 Å². The minimum Gasteiger partial charge on any atom is -0.493 e. The van der Waals surface area contributed by atoms with Gasteiger partial charge in [-0.2, -0.15) is 0 Å². The number of imide groups is 1. The first-order valence-corrected chi connectivity index (χ1v) is 10.2. The van der Waals surface area contributed by atoms with Gasteiger partial charge in [0.05, 0.1) is 29.3 Å². The zero-order valence-electron chi connectivity index (χ0n) is 15.9. The summed E-state index contributed by atoms with van der Waals surface area (Å²) in [7, 11) is 2.62. The highest BCUT2D eigenvalue weighted by Crippen LogP contribution is 2.37. The Kier molecular flexibility index (Phi) is 8.32. The van der Waals surface area contributed by atoms with E-state index >= 15 is 0 Å². The van der Waals surface area contributed by atoms with Crippen molar-refractivity contribution in [2.24, 2.45) is 0 Å². The SMILES string of the molecule is CCOC(=O)COc1c(I)cc(/C=C2\SC(=O)N(CC(=O)OC)C2=O)cc1OC. The number of rotatable bonds is 8. The molecular weight excluding hydrogens is 517 g/mol. The first-order valence-electron chi connectivity index (χ1n) is 8.28. The summed E-state index contributed by atoms with van der Waals surface area (Å²) >= 11 is 2.73. The van der Waals surface area contributed by atoms with Crippen LogP contribution in [0.3, 0.4) is 0 Å². The molecule has 1 saturated heterocycles. The molecule has 2 amide bonds. The highest BCUT2D eigenvalue weighted by Gasteiger charge is 2.36. The standard InChI is InChI=1S/C18H18INO8S/c1-4-27-15(22)9-28-16-11(19)5-10(6-12(16)25-2)7-13-17(23)20(18(24)29-13)8-14(21)26-3/h5-7H,4,8-9H2,1-3H3/b13-7-. The smallest absolute Gasteiger partial charge is 0.344 e. The van der Waals surface area contributed by atoms with E-state index in [1.807, 2.05) is 22.6 Å². The van der Waals surface area contributed by atoms with Crippen molar-refractivity contribution in [1.82, 2.24) is 4.90 Å². The molecule has 29 heavy (non-hydrogen) atoms. The summed E-state index contributed by atoms with van der Waals surface area (Å²) in [5.74, 6) is -1.07. The van der Waals surface area contributed by atoms with Gasteiger partial charge in [-0.15, -0.1) is 0 Å². The Morgan fingerprint density at radius 2 is 1.93 bits per heavy atom. The number of hydrogen-bond donors (Lipinski definition) is 0. The molecule has 0 N–H and O–H groups in total. The lowest BCUT2D eigenvalue weighted by Crippen LogP contribution is -2.34. The molecule has 1 heterocycles. The fourth-order valence-corrected chi connectivity index (χ4v) is 3.90. The van der Waals surface area contributed by atoms with Gasteiger partial charge < -0.3 is 18.9 Å². The minimum absolute atomic E-state index is 0.164. The predicted molar refractivity (Wildman–Crippen MR) is 113 cm³/mol. The molecule has 156 valence electrons. The molecular formula is C18H18INO8S. The second-order valence-corrected chi connectivity index (χ2v) is 7.63. The van der Waals surface area contributed by atoms with Crippen molar-refractivity contribution < 1.29 is 38.1 Å². The van der Waals surface area contributed by atoms with Crippen LogP contribution in [0, 0.1) is 3.57 Å². The highest BCUT2D eigenvalue weighted by molar-refractivity contribution is 14.1. The summed E-state index contributed by atoms with van der Waals surface area (Å²) in [6, 6.07) is 3.31. The number of halogens is 1. The number of esters is 2. The average Bonchev–Trinajstić information content (AvgIpc) is 2.94. The molecule has 1 aliphatic heterocycles. The zero-order valence-corrected chi connectivity index (χ0v) is 18.8. The van der Waals surface area contributed by atoms with Gasteiger partial charge in [0.2, 0.25) is 0 Å². The minimum atomic E-state index is -0.687. The van der Waals surface area contributed by atoms with Crippen molar-refractivity contribution in [2.45, 2.75) is 6.92 Å². The highest BCUT2D eigenvalue weighted by atomic mass is 127. The van der Waals surface area contributed by atoms with Crippen molar-refractivity contribution in [3.63, 3.8) is 0 Å². The van der Waals surface area contributed by atoms with Crippen molar-refractivity contribution >= 4 is 63.5 Å². The lowest BCUT2D eigenvalue weighted by atomic mass is 10.2. The van der Waals surface area contributed by atoms with E-state index in [2.05, 4.69) is 4.74 Å². The largest absolute Gasteiger partial charge is 0.493 e. The maximum absolute atomic E-state index is 12.4. The molecule has 0 atom stereocenters. The molecule has 2 rings (SSSR count). The third-order valence-electron chi connectivity index (χ3n) is 3.58. The van der Waals surface area contributed by atoms with Gasteiger partial charge >= 0.3 is 11.9 Å². The Morgan fingerprint density at radius 3 is 2.55 bits per heavy atom. The van der Waals surface area contributed by atoms with Gasteiger partial charge in [-0.3, -0.25) is 19.3 Å². The van der Waals surface area contributed by atoms with Crippen LogP contribution in [0.15, 0.2) is 17.0 Å². The van der Waals surface area contributed by atoms with Crippen LogP contribution >= 0.6 is 34.4 Å². The topological polar surface area (TPSA) is 108 Å². The van der Waals surface area contributed by atoms with Crippen LogP contribution in [0.1, 0.15) is 12.5 Å². The number of ether oxygens (including phenoxy) is 4.